The SMILES string of the molecule is CCN(CC)CCOc1cc(F)cc(CNCC(C)C)c1. The lowest BCUT2D eigenvalue weighted by Crippen LogP contribution is -2.27. The van der Waals surface area contributed by atoms with E-state index in [4.69, 9.17) is 4.74 Å². The van der Waals surface area contributed by atoms with Crippen molar-refractivity contribution in [2.75, 3.05) is 32.8 Å². The van der Waals surface area contributed by atoms with Gasteiger partial charge < -0.3 is 15.0 Å². The van der Waals surface area contributed by atoms with Crippen LogP contribution in [-0.4, -0.2) is 37.7 Å². The zero-order chi connectivity index (χ0) is 15.7. The predicted octanol–water partition coefficient (Wildman–Crippen LogP) is 3.29. The molecular formula is C17H29FN2O. The number of likely N-dealkylation sites (N-methyl/N-ethyl adjacent to an activating group) is 1. The molecule has 0 aliphatic carbocycles. The quantitative estimate of drug-likeness (QED) is 0.717. The van der Waals surface area contributed by atoms with Crippen LogP contribution in [0.5, 0.6) is 5.75 Å². The minimum absolute atomic E-state index is 0.239. The standard InChI is InChI=1S/C17H29FN2O/c1-5-20(6-2)7-8-21-17-10-15(9-16(18)11-17)13-19-12-14(3)4/h9-11,14,19H,5-8,12-13H2,1-4H3. The van der Waals surface area contributed by atoms with Crippen molar-refractivity contribution in [2.45, 2.75) is 34.2 Å². The van der Waals surface area contributed by atoms with E-state index in [0.717, 1.165) is 31.7 Å². The van der Waals surface area contributed by atoms with E-state index in [2.05, 4.69) is 37.9 Å². The molecule has 120 valence electrons. The van der Waals surface area contributed by atoms with Crippen LogP contribution in [0.1, 0.15) is 33.3 Å². The Balaban J connectivity index is 2.48. The minimum atomic E-state index is -0.239. The monoisotopic (exact) mass is 296 g/mol. The van der Waals surface area contributed by atoms with Gasteiger partial charge in [0.1, 0.15) is 18.2 Å². The van der Waals surface area contributed by atoms with E-state index in [0.29, 0.717) is 24.8 Å². The van der Waals surface area contributed by atoms with Gasteiger partial charge in [-0.2, -0.15) is 0 Å². The topological polar surface area (TPSA) is 24.5 Å². The van der Waals surface area contributed by atoms with Gasteiger partial charge in [-0.15, -0.1) is 0 Å². The average Bonchev–Trinajstić information content (AvgIpc) is 2.43. The molecule has 1 rings (SSSR count). The van der Waals surface area contributed by atoms with Gasteiger partial charge >= 0.3 is 0 Å². The summed E-state index contributed by atoms with van der Waals surface area (Å²) < 4.78 is 19.3. The van der Waals surface area contributed by atoms with Crippen molar-refractivity contribution in [3.8, 4) is 5.75 Å². The molecule has 3 nitrogen and oxygen atoms in total. The van der Waals surface area contributed by atoms with Crippen molar-refractivity contribution in [1.29, 1.82) is 0 Å². The fourth-order valence-corrected chi connectivity index (χ4v) is 2.14. The molecule has 0 unspecified atom stereocenters. The molecule has 21 heavy (non-hydrogen) atoms. The average molecular weight is 296 g/mol. The van der Waals surface area contributed by atoms with Crippen LogP contribution in [-0.2, 0) is 6.54 Å². The lowest BCUT2D eigenvalue weighted by Gasteiger charge is -2.18. The van der Waals surface area contributed by atoms with E-state index < -0.39 is 0 Å². The van der Waals surface area contributed by atoms with Crippen molar-refractivity contribution in [1.82, 2.24) is 10.2 Å². The van der Waals surface area contributed by atoms with Crippen molar-refractivity contribution >= 4 is 0 Å². The van der Waals surface area contributed by atoms with Gasteiger partial charge in [0.2, 0.25) is 0 Å². The summed E-state index contributed by atoms with van der Waals surface area (Å²) in [5.74, 6) is 0.962. The number of rotatable bonds is 10. The van der Waals surface area contributed by atoms with Gasteiger partial charge in [0.25, 0.3) is 0 Å². The number of ether oxygens (including phenoxy) is 1. The molecule has 0 saturated carbocycles. The molecule has 0 aliphatic heterocycles. The molecule has 0 aromatic heterocycles. The summed E-state index contributed by atoms with van der Waals surface area (Å²) >= 11 is 0. The van der Waals surface area contributed by atoms with E-state index in [9.17, 15) is 4.39 Å². The van der Waals surface area contributed by atoms with Crippen LogP contribution >= 0.6 is 0 Å². The highest BCUT2D eigenvalue weighted by Crippen LogP contribution is 2.16. The van der Waals surface area contributed by atoms with Crippen LogP contribution in [0.4, 0.5) is 4.39 Å². The van der Waals surface area contributed by atoms with E-state index in [1.165, 1.54) is 6.07 Å². The molecule has 0 aliphatic rings. The van der Waals surface area contributed by atoms with E-state index in [1.54, 1.807) is 6.07 Å². The summed E-state index contributed by atoms with van der Waals surface area (Å²) in [4.78, 5) is 2.28. The summed E-state index contributed by atoms with van der Waals surface area (Å²) in [6, 6.07) is 4.93. The molecule has 0 bridgehead atoms. The lowest BCUT2D eigenvalue weighted by atomic mass is 10.2. The van der Waals surface area contributed by atoms with Crippen LogP contribution in [0.3, 0.4) is 0 Å². The van der Waals surface area contributed by atoms with Gasteiger partial charge in [0, 0.05) is 19.2 Å². The molecular weight excluding hydrogens is 267 g/mol. The summed E-state index contributed by atoms with van der Waals surface area (Å²) in [7, 11) is 0. The Kier molecular flexibility index (Phi) is 8.31. The number of hydrogen-bond donors (Lipinski definition) is 1. The number of hydrogen-bond acceptors (Lipinski definition) is 3. The highest BCUT2D eigenvalue weighted by Gasteiger charge is 2.04. The molecule has 1 aromatic carbocycles. The molecule has 0 radical (unpaired) electrons. The lowest BCUT2D eigenvalue weighted by molar-refractivity contribution is 0.222. The Hall–Kier alpha value is -1.13. The maximum Gasteiger partial charge on any atom is 0.127 e. The van der Waals surface area contributed by atoms with E-state index in [-0.39, 0.29) is 5.82 Å². The Morgan fingerprint density at radius 3 is 2.52 bits per heavy atom. The molecule has 0 saturated heterocycles. The molecule has 1 N–H and O–H groups in total. The second kappa shape index (κ2) is 9.74. The highest BCUT2D eigenvalue weighted by atomic mass is 19.1. The van der Waals surface area contributed by atoms with Crippen molar-refractivity contribution < 1.29 is 9.13 Å². The van der Waals surface area contributed by atoms with Gasteiger partial charge in [-0.3, -0.25) is 0 Å². The van der Waals surface area contributed by atoms with Crippen LogP contribution in [0.25, 0.3) is 0 Å². The summed E-state index contributed by atoms with van der Waals surface area (Å²) in [5.41, 5.74) is 0.925. The van der Waals surface area contributed by atoms with Crippen molar-refractivity contribution in [3.05, 3.63) is 29.6 Å². The smallest absolute Gasteiger partial charge is 0.127 e. The van der Waals surface area contributed by atoms with E-state index in [1.807, 2.05) is 6.07 Å². The minimum Gasteiger partial charge on any atom is -0.492 e. The second-order valence-electron chi connectivity index (χ2n) is 5.70. The third kappa shape index (κ3) is 7.44. The Morgan fingerprint density at radius 1 is 1.19 bits per heavy atom. The first-order valence-corrected chi connectivity index (χ1v) is 7.90. The highest BCUT2D eigenvalue weighted by molar-refractivity contribution is 5.29. The first-order valence-electron chi connectivity index (χ1n) is 7.90. The third-order valence-corrected chi connectivity index (χ3v) is 3.38. The van der Waals surface area contributed by atoms with Crippen LogP contribution in [0.15, 0.2) is 18.2 Å². The summed E-state index contributed by atoms with van der Waals surface area (Å²) in [6.45, 7) is 13.6. The van der Waals surface area contributed by atoms with Gasteiger partial charge in [-0.25, -0.2) is 4.39 Å². The third-order valence-electron chi connectivity index (χ3n) is 3.38. The van der Waals surface area contributed by atoms with Crippen molar-refractivity contribution in [2.24, 2.45) is 5.92 Å². The van der Waals surface area contributed by atoms with Crippen LogP contribution < -0.4 is 10.1 Å². The molecule has 0 heterocycles. The first-order chi connectivity index (χ1) is 10.0. The molecule has 0 fully saturated rings. The number of benzene rings is 1. The van der Waals surface area contributed by atoms with E-state index >= 15 is 0 Å². The van der Waals surface area contributed by atoms with Gasteiger partial charge in [0.05, 0.1) is 0 Å². The van der Waals surface area contributed by atoms with Crippen LogP contribution in [0, 0.1) is 11.7 Å². The maximum absolute atomic E-state index is 13.6. The molecule has 4 heteroatoms. The zero-order valence-electron chi connectivity index (χ0n) is 13.8. The largest absolute Gasteiger partial charge is 0.492 e. The Morgan fingerprint density at radius 2 is 1.90 bits per heavy atom. The van der Waals surface area contributed by atoms with Gasteiger partial charge in [-0.05, 0) is 43.2 Å². The fraction of sp³-hybridized carbons (Fsp3) is 0.647. The predicted molar refractivity (Wildman–Crippen MR) is 86.2 cm³/mol. The molecule has 1 aromatic rings. The second-order valence-corrected chi connectivity index (χ2v) is 5.70. The van der Waals surface area contributed by atoms with Crippen molar-refractivity contribution in [3.63, 3.8) is 0 Å². The molecule has 0 atom stereocenters. The van der Waals surface area contributed by atoms with Gasteiger partial charge in [0.15, 0.2) is 0 Å². The number of halogens is 1. The Bertz CT molecular complexity index is 406. The van der Waals surface area contributed by atoms with Crippen LogP contribution in [0.2, 0.25) is 0 Å². The molecule has 0 spiro atoms. The normalized spacial score (nSPS) is 11.4. The molecule has 0 amide bonds. The summed E-state index contributed by atoms with van der Waals surface area (Å²) in [6.07, 6.45) is 0. The fourth-order valence-electron chi connectivity index (χ4n) is 2.14. The summed E-state index contributed by atoms with van der Waals surface area (Å²) in [5, 5.41) is 3.32. The zero-order valence-corrected chi connectivity index (χ0v) is 13.8. The number of nitrogens with zero attached hydrogens (tertiary/aromatic N) is 1. The van der Waals surface area contributed by atoms with Gasteiger partial charge in [-0.1, -0.05) is 27.7 Å². The first kappa shape index (κ1) is 17.9. The number of nitrogens with one attached hydrogen (secondary N) is 1. The maximum atomic E-state index is 13.6. The Labute approximate surface area is 128 Å².